The third-order valence-electron chi connectivity index (χ3n) is 4.96. The topological polar surface area (TPSA) is 26.0 Å². The van der Waals surface area contributed by atoms with Crippen molar-refractivity contribution in [2.75, 3.05) is 5.73 Å². The fourth-order valence-electron chi connectivity index (χ4n) is 3.80. The summed E-state index contributed by atoms with van der Waals surface area (Å²) in [6.45, 7) is 0. The van der Waals surface area contributed by atoms with E-state index in [-0.39, 0.29) is 0 Å². The maximum atomic E-state index is 6.01. The Bertz CT molecular complexity index is 868. The van der Waals surface area contributed by atoms with Crippen LogP contribution in [0.3, 0.4) is 0 Å². The second-order valence-electron chi connectivity index (χ2n) is 6.47. The Morgan fingerprint density at radius 1 is 0.385 bits per heavy atom. The Morgan fingerprint density at radius 3 is 1.04 bits per heavy atom. The zero-order valence-corrected chi connectivity index (χ0v) is 16.6. The molecule has 126 valence electrons. The molecule has 1 nitrogen and oxygen atoms in total. The van der Waals surface area contributed by atoms with E-state index in [0.29, 0.717) is 0 Å². The van der Waals surface area contributed by atoms with E-state index in [0.717, 1.165) is 5.69 Å². The Hall–Kier alpha value is -2.78. The van der Waals surface area contributed by atoms with Crippen LogP contribution in [-0.2, 0) is 0 Å². The van der Waals surface area contributed by atoms with Crippen LogP contribution in [0.4, 0.5) is 5.69 Å². The number of anilines is 1. The zero-order chi connectivity index (χ0) is 17.8. The molecular formula is C24H21GeN. The van der Waals surface area contributed by atoms with E-state index in [9.17, 15) is 0 Å². The molecule has 0 saturated heterocycles. The maximum absolute atomic E-state index is 6.01. The summed E-state index contributed by atoms with van der Waals surface area (Å²) >= 11 is -3.07. The first-order valence-electron chi connectivity index (χ1n) is 8.84. The number of hydrogen-bond donors (Lipinski definition) is 1. The van der Waals surface area contributed by atoms with Crippen LogP contribution in [0.15, 0.2) is 115 Å². The van der Waals surface area contributed by atoms with E-state index in [4.69, 9.17) is 5.73 Å². The van der Waals surface area contributed by atoms with Gasteiger partial charge in [0.05, 0.1) is 0 Å². The Labute approximate surface area is 157 Å². The van der Waals surface area contributed by atoms with Gasteiger partial charge in [0, 0.05) is 0 Å². The molecule has 0 atom stereocenters. The molecule has 0 saturated carbocycles. The van der Waals surface area contributed by atoms with Gasteiger partial charge in [-0.1, -0.05) is 0 Å². The van der Waals surface area contributed by atoms with Crippen molar-refractivity contribution in [3.05, 3.63) is 115 Å². The number of rotatable bonds is 4. The number of nitrogen functional groups attached to an aromatic ring is 1. The molecule has 0 heterocycles. The fourth-order valence-corrected chi connectivity index (χ4v) is 13.8. The van der Waals surface area contributed by atoms with Crippen LogP contribution >= 0.6 is 0 Å². The van der Waals surface area contributed by atoms with Gasteiger partial charge in [-0.05, 0) is 0 Å². The van der Waals surface area contributed by atoms with Crippen LogP contribution in [0, 0.1) is 0 Å². The number of benzene rings is 4. The van der Waals surface area contributed by atoms with Gasteiger partial charge in [0.25, 0.3) is 0 Å². The van der Waals surface area contributed by atoms with Gasteiger partial charge in [0.2, 0.25) is 0 Å². The van der Waals surface area contributed by atoms with Crippen LogP contribution in [0.2, 0.25) is 0 Å². The van der Waals surface area contributed by atoms with E-state index in [1.807, 2.05) is 12.1 Å². The normalized spacial score (nSPS) is 11.2. The van der Waals surface area contributed by atoms with E-state index in [2.05, 4.69) is 103 Å². The van der Waals surface area contributed by atoms with Gasteiger partial charge >= 0.3 is 158 Å². The summed E-state index contributed by atoms with van der Waals surface area (Å²) in [5.41, 5.74) is 6.81. The van der Waals surface area contributed by atoms with Crippen LogP contribution in [-0.4, -0.2) is 13.3 Å². The molecule has 0 radical (unpaired) electrons. The molecule has 0 amide bonds. The summed E-state index contributed by atoms with van der Waals surface area (Å²) in [6, 6.07) is 41.4. The van der Waals surface area contributed by atoms with Gasteiger partial charge in [-0.25, -0.2) is 0 Å². The molecule has 26 heavy (non-hydrogen) atoms. The van der Waals surface area contributed by atoms with Crippen molar-refractivity contribution in [1.82, 2.24) is 0 Å². The SMILES string of the molecule is Nc1cc[c]([Ge]([c]2ccccc2)([c]2ccccc2)[c]2ccccc2)cc1. The quantitative estimate of drug-likeness (QED) is 0.417. The van der Waals surface area contributed by atoms with Crippen LogP contribution < -0.4 is 23.3 Å². The van der Waals surface area contributed by atoms with E-state index >= 15 is 0 Å². The molecule has 2 N–H and O–H groups in total. The zero-order valence-electron chi connectivity index (χ0n) is 14.5. The van der Waals surface area contributed by atoms with Gasteiger partial charge in [-0.15, -0.1) is 0 Å². The third-order valence-corrected chi connectivity index (χ3v) is 15.0. The molecule has 0 aliphatic carbocycles. The molecule has 0 aromatic heterocycles. The summed E-state index contributed by atoms with van der Waals surface area (Å²) in [4.78, 5) is 0. The molecule has 4 rings (SSSR count). The van der Waals surface area contributed by atoms with E-state index in [1.165, 1.54) is 17.6 Å². The molecule has 4 aromatic rings. The fraction of sp³-hybridized carbons (Fsp3) is 0. The monoisotopic (exact) mass is 397 g/mol. The van der Waals surface area contributed by atoms with Crippen LogP contribution in [0.1, 0.15) is 0 Å². The van der Waals surface area contributed by atoms with Crippen molar-refractivity contribution in [1.29, 1.82) is 0 Å². The molecule has 0 aliphatic heterocycles. The molecule has 0 spiro atoms. The van der Waals surface area contributed by atoms with Gasteiger partial charge in [-0.3, -0.25) is 0 Å². The van der Waals surface area contributed by atoms with Gasteiger partial charge in [-0.2, -0.15) is 0 Å². The van der Waals surface area contributed by atoms with Crippen molar-refractivity contribution in [2.24, 2.45) is 0 Å². The van der Waals surface area contributed by atoms with Gasteiger partial charge in [0.15, 0.2) is 0 Å². The van der Waals surface area contributed by atoms with Crippen molar-refractivity contribution >= 4 is 36.5 Å². The summed E-state index contributed by atoms with van der Waals surface area (Å²) in [7, 11) is 0. The summed E-state index contributed by atoms with van der Waals surface area (Å²) < 4.78 is 5.67. The van der Waals surface area contributed by atoms with Crippen molar-refractivity contribution in [3.8, 4) is 0 Å². The standard InChI is InChI=1S/C24H21GeN/c26-24-18-16-23(17-19-24)25(20-10-4-1-5-11-20,21-12-6-2-7-13-21)22-14-8-3-9-15-22/h1-19H,26H2. The second-order valence-corrected chi connectivity index (χ2v) is 14.5. The first kappa shape index (κ1) is 16.7. The molecule has 2 heteroatoms. The van der Waals surface area contributed by atoms with Gasteiger partial charge in [0.1, 0.15) is 0 Å². The average Bonchev–Trinajstić information content (AvgIpc) is 2.72. The summed E-state index contributed by atoms with van der Waals surface area (Å²) in [6.07, 6.45) is 0. The summed E-state index contributed by atoms with van der Waals surface area (Å²) in [5.74, 6) is 0. The van der Waals surface area contributed by atoms with Crippen molar-refractivity contribution < 1.29 is 0 Å². The molecule has 0 aliphatic rings. The molecule has 0 fully saturated rings. The van der Waals surface area contributed by atoms with Gasteiger partial charge < -0.3 is 0 Å². The minimum absolute atomic E-state index is 0.805. The average molecular weight is 396 g/mol. The number of hydrogen-bond acceptors (Lipinski definition) is 1. The van der Waals surface area contributed by atoms with Crippen LogP contribution in [0.5, 0.6) is 0 Å². The first-order chi connectivity index (χ1) is 12.8. The predicted octanol–water partition coefficient (Wildman–Crippen LogP) is 2.65. The Kier molecular flexibility index (Phi) is 4.63. The van der Waals surface area contributed by atoms with Crippen molar-refractivity contribution in [3.63, 3.8) is 0 Å². The number of nitrogens with two attached hydrogens (primary N) is 1. The predicted molar refractivity (Wildman–Crippen MR) is 114 cm³/mol. The minimum atomic E-state index is -3.07. The van der Waals surface area contributed by atoms with E-state index < -0.39 is 13.3 Å². The molecular weight excluding hydrogens is 375 g/mol. The molecule has 0 unspecified atom stereocenters. The summed E-state index contributed by atoms with van der Waals surface area (Å²) in [5, 5.41) is 0. The van der Waals surface area contributed by atoms with E-state index in [1.54, 1.807) is 0 Å². The second kappa shape index (κ2) is 7.22. The molecule has 4 aromatic carbocycles. The third kappa shape index (κ3) is 2.85. The molecule has 0 bridgehead atoms. The Balaban J connectivity index is 2.12. The van der Waals surface area contributed by atoms with Crippen LogP contribution in [0.25, 0.3) is 0 Å². The van der Waals surface area contributed by atoms with Crippen molar-refractivity contribution in [2.45, 2.75) is 0 Å². The Morgan fingerprint density at radius 2 is 0.692 bits per heavy atom. The first-order valence-corrected chi connectivity index (χ1v) is 13.0.